The van der Waals surface area contributed by atoms with Crippen molar-refractivity contribution < 1.29 is 9.21 Å². The quantitative estimate of drug-likeness (QED) is 0.462. The summed E-state index contributed by atoms with van der Waals surface area (Å²) >= 11 is 0. The molecular formula is C23H30Cl2N4O2. The van der Waals surface area contributed by atoms with Gasteiger partial charge in [0.15, 0.2) is 5.76 Å². The highest BCUT2D eigenvalue weighted by Crippen LogP contribution is 2.36. The molecule has 6 nitrogen and oxygen atoms in total. The second-order valence-electron chi connectivity index (χ2n) is 7.51. The molecule has 0 aliphatic heterocycles. The number of nitrogens with two attached hydrogens (primary N) is 2. The first kappa shape index (κ1) is 26.7. The minimum atomic E-state index is -0.320. The van der Waals surface area contributed by atoms with Crippen molar-refractivity contribution in [2.45, 2.75) is 40.3 Å². The molecule has 0 spiro atoms. The Kier molecular flexibility index (Phi) is 10.2. The molecule has 0 radical (unpaired) electrons. The summed E-state index contributed by atoms with van der Waals surface area (Å²) < 4.78 is 5.25. The highest BCUT2D eigenvalue weighted by atomic mass is 35.5. The number of hydrogen-bond acceptors (Lipinski definition) is 5. The number of carbonyl (C=O) groups is 1. The third-order valence-corrected chi connectivity index (χ3v) is 4.83. The van der Waals surface area contributed by atoms with E-state index in [2.05, 4.69) is 19.2 Å². The smallest absolute Gasteiger partial charge is 0.291 e. The Bertz CT molecular complexity index is 988. The fourth-order valence-corrected chi connectivity index (χ4v) is 3.44. The standard InChI is InChI=1S/C23H28N4O2.2ClH/c1-14(2)11-19-18(13-25)21(17-8-6-16(12-24)7-9-17)22(15(3)26-19)27-23(28)20-5-4-10-29-20;;/h4-10,14H,11-13,24-25H2,1-3H3,(H,27,28);2*1H. The van der Waals surface area contributed by atoms with Crippen LogP contribution in [0.1, 0.15) is 46.9 Å². The monoisotopic (exact) mass is 464 g/mol. The molecule has 0 unspecified atom stereocenters. The van der Waals surface area contributed by atoms with E-state index in [1.54, 1.807) is 12.1 Å². The van der Waals surface area contributed by atoms with Crippen LogP contribution >= 0.6 is 24.8 Å². The van der Waals surface area contributed by atoms with Crippen molar-refractivity contribution in [3.63, 3.8) is 0 Å². The summed E-state index contributed by atoms with van der Waals surface area (Å²) in [5.41, 5.74) is 18.1. The Morgan fingerprint density at radius 1 is 1.10 bits per heavy atom. The molecule has 168 valence electrons. The Balaban J connectivity index is 0.00000240. The number of benzene rings is 1. The van der Waals surface area contributed by atoms with Crippen molar-refractivity contribution in [2.24, 2.45) is 17.4 Å². The molecule has 3 aromatic rings. The van der Waals surface area contributed by atoms with Crippen LogP contribution < -0.4 is 16.8 Å². The van der Waals surface area contributed by atoms with E-state index in [0.717, 1.165) is 40.1 Å². The van der Waals surface area contributed by atoms with Crippen LogP contribution in [0.5, 0.6) is 0 Å². The highest BCUT2D eigenvalue weighted by molar-refractivity contribution is 6.05. The molecule has 5 N–H and O–H groups in total. The van der Waals surface area contributed by atoms with E-state index in [9.17, 15) is 4.79 Å². The average molecular weight is 465 g/mol. The Labute approximate surface area is 195 Å². The molecule has 0 saturated heterocycles. The molecule has 0 bridgehead atoms. The summed E-state index contributed by atoms with van der Waals surface area (Å²) in [6, 6.07) is 11.3. The zero-order valence-electron chi connectivity index (χ0n) is 18.0. The summed E-state index contributed by atoms with van der Waals surface area (Å²) in [6.07, 6.45) is 2.29. The molecule has 1 amide bonds. The van der Waals surface area contributed by atoms with E-state index in [-0.39, 0.29) is 36.5 Å². The van der Waals surface area contributed by atoms with Gasteiger partial charge in [-0.2, -0.15) is 0 Å². The number of rotatable bonds is 7. The Hall–Kier alpha value is -2.38. The number of aromatic nitrogens is 1. The van der Waals surface area contributed by atoms with Gasteiger partial charge < -0.3 is 21.2 Å². The van der Waals surface area contributed by atoms with Crippen LogP contribution in [-0.2, 0) is 19.5 Å². The Morgan fingerprint density at radius 2 is 1.77 bits per heavy atom. The Morgan fingerprint density at radius 3 is 2.29 bits per heavy atom. The van der Waals surface area contributed by atoms with Crippen molar-refractivity contribution in [3.8, 4) is 11.1 Å². The molecule has 0 saturated carbocycles. The van der Waals surface area contributed by atoms with Crippen molar-refractivity contribution in [1.82, 2.24) is 4.98 Å². The zero-order valence-corrected chi connectivity index (χ0v) is 19.6. The van der Waals surface area contributed by atoms with Gasteiger partial charge in [0.25, 0.3) is 5.91 Å². The van der Waals surface area contributed by atoms with Gasteiger partial charge in [0.1, 0.15) is 0 Å². The third-order valence-electron chi connectivity index (χ3n) is 4.83. The van der Waals surface area contributed by atoms with Crippen molar-refractivity contribution >= 4 is 36.4 Å². The normalized spacial score (nSPS) is 10.4. The van der Waals surface area contributed by atoms with Crippen LogP contribution in [0.25, 0.3) is 11.1 Å². The van der Waals surface area contributed by atoms with Crippen LogP contribution in [0.2, 0.25) is 0 Å². The lowest BCUT2D eigenvalue weighted by atomic mass is 9.92. The number of anilines is 1. The van der Waals surface area contributed by atoms with Crippen molar-refractivity contribution in [3.05, 3.63) is 70.9 Å². The summed E-state index contributed by atoms with van der Waals surface area (Å²) in [4.78, 5) is 17.5. The summed E-state index contributed by atoms with van der Waals surface area (Å²) in [7, 11) is 0. The number of halogens is 2. The third kappa shape index (κ3) is 6.08. The number of carbonyl (C=O) groups excluding carboxylic acids is 1. The first-order chi connectivity index (χ1) is 13.9. The zero-order chi connectivity index (χ0) is 21.0. The number of nitrogens with zero attached hydrogens (tertiary/aromatic N) is 1. The molecule has 0 atom stereocenters. The fourth-order valence-electron chi connectivity index (χ4n) is 3.44. The van der Waals surface area contributed by atoms with E-state index in [4.69, 9.17) is 20.9 Å². The van der Waals surface area contributed by atoms with E-state index in [0.29, 0.717) is 24.7 Å². The number of nitrogens with one attached hydrogen (secondary N) is 1. The van der Waals surface area contributed by atoms with Crippen molar-refractivity contribution in [2.75, 3.05) is 5.32 Å². The maximum absolute atomic E-state index is 12.7. The van der Waals surface area contributed by atoms with Crippen LogP contribution in [0.15, 0.2) is 47.1 Å². The summed E-state index contributed by atoms with van der Waals surface area (Å²) in [6.45, 7) is 7.01. The van der Waals surface area contributed by atoms with Crippen LogP contribution in [0.4, 0.5) is 5.69 Å². The second-order valence-corrected chi connectivity index (χ2v) is 7.51. The first-order valence-corrected chi connectivity index (χ1v) is 9.81. The minimum Gasteiger partial charge on any atom is -0.459 e. The first-order valence-electron chi connectivity index (χ1n) is 9.81. The van der Waals surface area contributed by atoms with Gasteiger partial charge in [-0.05, 0) is 48.1 Å². The lowest BCUT2D eigenvalue weighted by Gasteiger charge is -2.21. The van der Waals surface area contributed by atoms with Crippen molar-refractivity contribution in [1.29, 1.82) is 0 Å². The van der Waals surface area contributed by atoms with Gasteiger partial charge in [-0.1, -0.05) is 38.1 Å². The molecule has 3 rings (SSSR count). The van der Waals surface area contributed by atoms with Gasteiger partial charge >= 0.3 is 0 Å². The maximum Gasteiger partial charge on any atom is 0.291 e. The molecular weight excluding hydrogens is 435 g/mol. The van der Waals surface area contributed by atoms with Gasteiger partial charge in [0, 0.05) is 24.3 Å². The van der Waals surface area contributed by atoms with E-state index >= 15 is 0 Å². The van der Waals surface area contributed by atoms with E-state index in [1.165, 1.54) is 6.26 Å². The van der Waals surface area contributed by atoms with Crippen LogP contribution in [-0.4, -0.2) is 10.9 Å². The van der Waals surface area contributed by atoms with E-state index < -0.39 is 0 Å². The largest absolute Gasteiger partial charge is 0.459 e. The summed E-state index contributed by atoms with van der Waals surface area (Å²) in [5, 5.41) is 2.99. The van der Waals surface area contributed by atoms with E-state index in [1.807, 2.05) is 31.2 Å². The molecule has 8 heteroatoms. The van der Waals surface area contributed by atoms with Gasteiger partial charge in [0.05, 0.1) is 17.6 Å². The molecule has 0 fully saturated rings. The molecule has 1 aromatic carbocycles. The lowest BCUT2D eigenvalue weighted by molar-refractivity contribution is 0.0996. The molecule has 31 heavy (non-hydrogen) atoms. The van der Waals surface area contributed by atoms with Gasteiger partial charge in [0.2, 0.25) is 0 Å². The number of hydrogen-bond donors (Lipinski definition) is 3. The van der Waals surface area contributed by atoms with Gasteiger partial charge in [-0.25, -0.2) is 0 Å². The molecule has 2 aromatic heterocycles. The predicted molar refractivity (Wildman–Crippen MR) is 130 cm³/mol. The summed E-state index contributed by atoms with van der Waals surface area (Å²) in [5.74, 6) is 0.358. The highest BCUT2D eigenvalue weighted by Gasteiger charge is 2.21. The predicted octanol–water partition coefficient (Wildman–Crippen LogP) is 4.86. The number of furan rings is 1. The molecule has 2 heterocycles. The number of pyridine rings is 1. The average Bonchev–Trinajstić information content (AvgIpc) is 3.24. The SMILES string of the molecule is Cc1nc(CC(C)C)c(CN)c(-c2ccc(CN)cc2)c1NC(=O)c1ccco1.Cl.Cl. The number of aryl methyl sites for hydroxylation is 1. The van der Waals surface area contributed by atoms with Gasteiger partial charge in [-0.15, -0.1) is 24.8 Å². The topological polar surface area (TPSA) is 107 Å². The number of amides is 1. The maximum atomic E-state index is 12.7. The fraction of sp³-hybridized carbons (Fsp3) is 0.304. The molecule has 0 aliphatic carbocycles. The van der Waals surface area contributed by atoms with Crippen LogP contribution in [0.3, 0.4) is 0 Å². The second kappa shape index (κ2) is 11.9. The minimum absolute atomic E-state index is 0. The van der Waals surface area contributed by atoms with Gasteiger partial charge in [-0.3, -0.25) is 9.78 Å². The van der Waals surface area contributed by atoms with Crippen LogP contribution in [0, 0.1) is 12.8 Å². The molecule has 0 aliphatic rings. The lowest BCUT2D eigenvalue weighted by Crippen LogP contribution is -2.17.